The van der Waals surface area contributed by atoms with Crippen molar-refractivity contribution in [2.45, 2.75) is 6.61 Å². The normalized spacial score (nSPS) is 11.1. The summed E-state index contributed by atoms with van der Waals surface area (Å²) in [5, 5.41) is 31.8. The lowest BCUT2D eigenvalue weighted by atomic mass is 9.93. The van der Waals surface area contributed by atoms with E-state index in [2.05, 4.69) is 94.7 Å². The summed E-state index contributed by atoms with van der Waals surface area (Å²) in [7, 11) is 1.66. The second-order valence-electron chi connectivity index (χ2n) is 14.1. The van der Waals surface area contributed by atoms with Gasteiger partial charge in [0.25, 0.3) is 0 Å². The van der Waals surface area contributed by atoms with E-state index in [1.807, 2.05) is 133 Å². The van der Waals surface area contributed by atoms with Gasteiger partial charge >= 0.3 is 0 Å². The molecule has 0 bridgehead atoms. The van der Waals surface area contributed by atoms with Crippen molar-refractivity contribution in [3.05, 3.63) is 221 Å². The van der Waals surface area contributed by atoms with Crippen LogP contribution in [0.1, 0.15) is 38.9 Å². The topological polar surface area (TPSA) is 83.5 Å². The maximum absolute atomic E-state index is 10.4. The Morgan fingerprint density at radius 3 is 1.18 bits per heavy atom. The standard InChI is InChI=1S/C54H40N4O2/c1-60-50-32-30-49(31-33-50)58(45-10-6-3-7-11-45)47-26-16-40(17-27-47)13-21-43-23-35-51-52(54(43)37-56)34-22-42(53(51)36-55)20-12-39-14-24-46(25-15-39)57(44-8-4-2-5-9-44)48-28-18-41(38-59)19-29-48/h2-35,59H,38H2,1H3/b20-12+,21-13+. The van der Waals surface area contributed by atoms with Gasteiger partial charge in [0.05, 0.1) is 24.8 Å². The van der Waals surface area contributed by atoms with Crippen LogP contribution in [0.3, 0.4) is 0 Å². The Hall–Kier alpha value is -8.16. The Kier molecular flexibility index (Phi) is 11.6. The summed E-state index contributed by atoms with van der Waals surface area (Å²) in [4.78, 5) is 4.36. The first-order valence-electron chi connectivity index (χ1n) is 19.6. The van der Waals surface area contributed by atoms with E-state index in [-0.39, 0.29) is 6.61 Å². The minimum Gasteiger partial charge on any atom is -0.497 e. The predicted octanol–water partition coefficient (Wildman–Crippen LogP) is 13.4. The average molecular weight is 777 g/mol. The fourth-order valence-electron chi connectivity index (χ4n) is 7.34. The summed E-state index contributed by atoms with van der Waals surface area (Å²) in [6.45, 7) is -0.00558. The molecule has 1 N–H and O–H groups in total. The zero-order chi connectivity index (χ0) is 41.3. The van der Waals surface area contributed by atoms with Crippen LogP contribution in [0.25, 0.3) is 35.1 Å². The van der Waals surface area contributed by atoms with Crippen molar-refractivity contribution in [1.82, 2.24) is 0 Å². The Balaban J connectivity index is 1.03. The number of ether oxygens (including phenoxy) is 1. The van der Waals surface area contributed by atoms with Crippen LogP contribution in [-0.2, 0) is 6.61 Å². The number of nitrogens with zero attached hydrogens (tertiary/aromatic N) is 4. The zero-order valence-electron chi connectivity index (χ0n) is 33.0. The number of aliphatic hydroxyl groups is 1. The van der Waals surface area contributed by atoms with Crippen LogP contribution in [0.5, 0.6) is 5.75 Å². The lowest BCUT2D eigenvalue weighted by Gasteiger charge is -2.25. The third kappa shape index (κ3) is 8.28. The van der Waals surface area contributed by atoms with E-state index in [1.165, 1.54) is 0 Å². The number of fused-ring (bicyclic) bond motifs is 1. The molecule has 0 saturated heterocycles. The molecule has 0 aliphatic carbocycles. The van der Waals surface area contributed by atoms with Crippen LogP contribution < -0.4 is 14.5 Å². The predicted molar refractivity (Wildman–Crippen MR) is 246 cm³/mol. The van der Waals surface area contributed by atoms with Gasteiger partial charge in [-0.05, 0) is 113 Å². The molecule has 6 heteroatoms. The van der Waals surface area contributed by atoms with Crippen LogP contribution in [0.15, 0.2) is 182 Å². The number of para-hydroxylation sites is 2. The lowest BCUT2D eigenvalue weighted by molar-refractivity contribution is 0.282. The first kappa shape index (κ1) is 38.7. The highest BCUT2D eigenvalue weighted by molar-refractivity contribution is 5.98. The van der Waals surface area contributed by atoms with Gasteiger partial charge in [0, 0.05) is 44.9 Å². The highest BCUT2D eigenvalue weighted by Gasteiger charge is 2.15. The minimum absolute atomic E-state index is 0.00558. The maximum atomic E-state index is 10.4. The average Bonchev–Trinajstić information content (AvgIpc) is 3.32. The Morgan fingerprint density at radius 1 is 0.450 bits per heavy atom. The summed E-state index contributed by atoms with van der Waals surface area (Å²) >= 11 is 0. The molecule has 0 heterocycles. The number of anilines is 6. The SMILES string of the molecule is COc1ccc(N(c2ccccc2)c2ccc(/C=C/c3ccc4c(C#N)c(/C=C/c5ccc(N(c6ccccc6)c6ccc(CO)cc6)cc5)ccc4c3C#N)cc2)cc1. The Bertz CT molecular complexity index is 2670. The lowest BCUT2D eigenvalue weighted by Crippen LogP contribution is -2.09. The first-order valence-corrected chi connectivity index (χ1v) is 19.6. The largest absolute Gasteiger partial charge is 0.497 e. The molecule has 8 rings (SSSR count). The zero-order valence-corrected chi connectivity index (χ0v) is 33.0. The van der Waals surface area contributed by atoms with E-state index < -0.39 is 0 Å². The van der Waals surface area contributed by atoms with Gasteiger partial charge in [-0.1, -0.05) is 121 Å². The molecule has 60 heavy (non-hydrogen) atoms. The van der Waals surface area contributed by atoms with Gasteiger partial charge in [-0.2, -0.15) is 10.5 Å². The molecule has 0 radical (unpaired) electrons. The summed E-state index contributed by atoms with van der Waals surface area (Å²) in [5.74, 6) is 0.798. The second-order valence-corrected chi connectivity index (χ2v) is 14.1. The second kappa shape index (κ2) is 18.0. The number of hydrogen-bond donors (Lipinski definition) is 1. The van der Waals surface area contributed by atoms with Crippen LogP contribution in [0.4, 0.5) is 34.1 Å². The molecule has 8 aromatic carbocycles. The monoisotopic (exact) mass is 776 g/mol. The van der Waals surface area contributed by atoms with Crippen molar-refractivity contribution < 1.29 is 9.84 Å². The van der Waals surface area contributed by atoms with Gasteiger partial charge in [0.1, 0.15) is 17.9 Å². The summed E-state index contributed by atoms with van der Waals surface area (Å²) in [6, 6.07) is 65.3. The molecule has 6 nitrogen and oxygen atoms in total. The van der Waals surface area contributed by atoms with Crippen molar-refractivity contribution in [3.8, 4) is 17.9 Å². The van der Waals surface area contributed by atoms with E-state index in [1.54, 1.807) is 7.11 Å². The molecule has 0 unspecified atom stereocenters. The number of benzene rings is 8. The molecular formula is C54H40N4O2. The Morgan fingerprint density at radius 2 is 0.817 bits per heavy atom. The number of nitriles is 2. The van der Waals surface area contributed by atoms with Crippen molar-refractivity contribution in [2.24, 2.45) is 0 Å². The van der Waals surface area contributed by atoms with Crippen LogP contribution >= 0.6 is 0 Å². The third-order valence-corrected chi connectivity index (χ3v) is 10.4. The van der Waals surface area contributed by atoms with Gasteiger partial charge in [-0.25, -0.2) is 0 Å². The number of hydrogen-bond acceptors (Lipinski definition) is 6. The molecule has 288 valence electrons. The van der Waals surface area contributed by atoms with E-state index in [0.29, 0.717) is 11.1 Å². The van der Waals surface area contributed by atoms with Gasteiger partial charge < -0.3 is 19.6 Å². The van der Waals surface area contributed by atoms with E-state index in [9.17, 15) is 15.6 Å². The van der Waals surface area contributed by atoms with Crippen molar-refractivity contribution in [1.29, 1.82) is 10.5 Å². The summed E-state index contributed by atoms with van der Waals surface area (Å²) in [5.41, 5.74) is 11.5. The summed E-state index contributed by atoms with van der Waals surface area (Å²) < 4.78 is 5.39. The summed E-state index contributed by atoms with van der Waals surface area (Å²) in [6.07, 6.45) is 7.91. The Labute approximate surface area is 350 Å². The first-order chi connectivity index (χ1) is 29.6. The van der Waals surface area contributed by atoms with Crippen LogP contribution in [0, 0.1) is 22.7 Å². The van der Waals surface area contributed by atoms with Gasteiger partial charge in [0.15, 0.2) is 0 Å². The van der Waals surface area contributed by atoms with Crippen LogP contribution in [-0.4, -0.2) is 12.2 Å². The van der Waals surface area contributed by atoms with Crippen molar-refractivity contribution >= 4 is 69.2 Å². The van der Waals surface area contributed by atoms with Crippen molar-refractivity contribution in [3.63, 3.8) is 0 Å². The minimum atomic E-state index is -0.00558. The molecule has 0 fully saturated rings. The third-order valence-electron chi connectivity index (χ3n) is 10.4. The molecule has 0 saturated carbocycles. The number of methoxy groups -OCH3 is 1. The molecule has 0 aliphatic rings. The maximum Gasteiger partial charge on any atom is 0.119 e. The van der Waals surface area contributed by atoms with E-state index in [4.69, 9.17) is 4.74 Å². The fourth-order valence-corrected chi connectivity index (χ4v) is 7.34. The number of rotatable bonds is 12. The van der Waals surface area contributed by atoms with E-state index in [0.717, 1.165) is 78.5 Å². The number of aliphatic hydroxyl groups excluding tert-OH is 1. The highest BCUT2D eigenvalue weighted by atomic mass is 16.5. The smallest absolute Gasteiger partial charge is 0.119 e. The van der Waals surface area contributed by atoms with Gasteiger partial charge in [0.2, 0.25) is 0 Å². The van der Waals surface area contributed by atoms with Crippen molar-refractivity contribution in [2.75, 3.05) is 16.9 Å². The fraction of sp³-hybridized carbons (Fsp3) is 0.0370. The van der Waals surface area contributed by atoms with Gasteiger partial charge in [-0.3, -0.25) is 0 Å². The molecule has 0 aromatic heterocycles. The van der Waals surface area contributed by atoms with Crippen LogP contribution in [0.2, 0.25) is 0 Å². The highest BCUT2D eigenvalue weighted by Crippen LogP contribution is 2.37. The molecular weight excluding hydrogens is 737 g/mol. The van der Waals surface area contributed by atoms with Gasteiger partial charge in [-0.15, -0.1) is 0 Å². The molecule has 0 amide bonds. The quantitative estimate of drug-likeness (QED) is 0.124. The van der Waals surface area contributed by atoms with E-state index >= 15 is 0 Å². The molecule has 8 aromatic rings. The molecule has 0 aliphatic heterocycles. The molecule has 0 spiro atoms. The molecule has 0 atom stereocenters.